The maximum Gasteiger partial charge on any atom is 0.205 e. The summed E-state index contributed by atoms with van der Waals surface area (Å²) in [6.45, 7) is 19.3. The first kappa shape index (κ1) is 21.5. The Hall–Kier alpha value is -0.830. The van der Waals surface area contributed by atoms with Gasteiger partial charge in [0.15, 0.2) is 0 Å². The minimum Gasteiger partial charge on any atom is -0.478 e. The van der Waals surface area contributed by atoms with Crippen LogP contribution in [0, 0.1) is 0 Å². The summed E-state index contributed by atoms with van der Waals surface area (Å²) in [6.07, 6.45) is 0.574. The van der Waals surface area contributed by atoms with Crippen LogP contribution in [0.1, 0.15) is 61.8 Å². The van der Waals surface area contributed by atoms with E-state index < -0.39 is 5.60 Å². The summed E-state index contributed by atoms with van der Waals surface area (Å²) in [5, 5.41) is 9.37. The SMILES string of the molecule is C=C(N=C(C)C)OCCC(C)(C)O.CC.CC. The molecule has 3 heteroatoms. The maximum atomic E-state index is 9.37. The largest absolute Gasteiger partial charge is 0.478 e. The maximum absolute atomic E-state index is 9.37. The quantitative estimate of drug-likeness (QED) is 0.583. The molecule has 0 heterocycles. The molecule has 0 saturated heterocycles. The summed E-state index contributed by atoms with van der Waals surface area (Å²) >= 11 is 0. The fourth-order valence-electron chi connectivity index (χ4n) is 0.700. The Balaban J connectivity index is -0.000000439. The Kier molecular flexibility index (Phi) is 16.7. The van der Waals surface area contributed by atoms with E-state index in [4.69, 9.17) is 4.74 Å². The van der Waals surface area contributed by atoms with Gasteiger partial charge in [-0.25, -0.2) is 4.99 Å². The van der Waals surface area contributed by atoms with Crippen molar-refractivity contribution in [1.82, 2.24) is 0 Å². The van der Waals surface area contributed by atoms with Gasteiger partial charge in [-0.15, -0.1) is 0 Å². The van der Waals surface area contributed by atoms with Gasteiger partial charge in [-0.1, -0.05) is 27.7 Å². The summed E-state index contributed by atoms with van der Waals surface area (Å²) < 4.78 is 5.19. The first-order valence-corrected chi connectivity index (χ1v) is 6.37. The molecule has 0 fully saturated rings. The molecule has 17 heavy (non-hydrogen) atoms. The van der Waals surface area contributed by atoms with Crippen LogP contribution in [0.4, 0.5) is 0 Å². The molecule has 0 aromatic carbocycles. The van der Waals surface area contributed by atoms with E-state index >= 15 is 0 Å². The van der Waals surface area contributed by atoms with Crippen molar-refractivity contribution in [3.63, 3.8) is 0 Å². The van der Waals surface area contributed by atoms with Crippen LogP contribution in [0.15, 0.2) is 17.5 Å². The highest BCUT2D eigenvalue weighted by Crippen LogP contribution is 2.08. The van der Waals surface area contributed by atoms with Gasteiger partial charge in [-0.3, -0.25) is 0 Å². The molecule has 0 aromatic heterocycles. The van der Waals surface area contributed by atoms with Gasteiger partial charge < -0.3 is 9.84 Å². The molecule has 0 saturated carbocycles. The van der Waals surface area contributed by atoms with Gasteiger partial charge in [0.05, 0.1) is 12.2 Å². The van der Waals surface area contributed by atoms with Crippen molar-refractivity contribution in [2.75, 3.05) is 6.61 Å². The fourth-order valence-corrected chi connectivity index (χ4v) is 0.700. The fraction of sp³-hybridized carbons (Fsp3) is 0.786. The van der Waals surface area contributed by atoms with Gasteiger partial charge in [0, 0.05) is 12.1 Å². The average molecular weight is 245 g/mol. The van der Waals surface area contributed by atoms with Crippen molar-refractivity contribution < 1.29 is 9.84 Å². The summed E-state index contributed by atoms with van der Waals surface area (Å²) in [6, 6.07) is 0. The van der Waals surface area contributed by atoms with Crippen molar-refractivity contribution in [3.05, 3.63) is 12.5 Å². The zero-order chi connectivity index (χ0) is 14.5. The predicted molar refractivity (Wildman–Crippen MR) is 77.5 cm³/mol. The number of aliphatic hydroxyl groups is 1. The minimum atomic E-state index is -0.689. The van der Waals surface area contributed by atoms with Crippen LogP contribution in [0.2, 0.25) is 0 Å². The van der Waals surface area contributed by atoms with E-state index in [1.165, 1.54) is 0 Å². The van der Waals surface area contributed by atoms with E-state index in [0.717, 1.165) is 5.71 Å². The lowest BCUT2D eigenvalue weighted by Crippen LogP contribution is -2.20. The van der Waals surface area contributed by atoms with Crippen molar-refractivity contribution in [1.29, 1.82) is 0 Å². The second-order valence-electron chi connectivity index (χ2n) is 3.86. The molecule has 0 atom stereocenters. The van der Waals surface area contributed by atoms with E-state index in [9.17, 15) is 5.11 Å². The molecule has 0 radical (unpaired) electrons. The highest BCUT2D eigenvalue weighted by Gasteiger charge is 2.11. The molecule has 0 bridgehead atoms. The van der Waals surface area contributed by atoms with Crippen LogP contribution in [0.3, 0.4) is 0 Å². The molecular weight excluding hydrogens is 214 g/mol. The first-order chi connectivity index (χ1) is 7.81. The Morgan fingerprint density at radius 2 is 1.59 bits per heavy atom. The summed E-state index contributed by atoms with van der Waals surface area (Å²) in [4.78, 5) is 4.02. The Labute approximate surface area is 108 Å². The molecule has 0 aliphatic heterocycles. The van der Waals surface area contributed by atoms with Crippen molar-refractivity contribution in [2.24, 2.45) is 4.99 Å². The lowest BCUT2D eigenvalue weighted by atomic mass is 10.1. The molecule has 104 valence electrons. The topological polar surface area (TPSA) is 41.8 Å². The van der Waals surface area contributed by atoms with Gasteiger partial charge in [-0.05, 0) is 34.3 Å². The third-order valence-electron chi connectivity index (χ3n) is 1.33. The number of hydrogen-bond acceptors (Lipinski definition) is 3. The van der Waals surface area contributed by atoms with Crippen molar-refractivity contribution in [3.8, 4) is 0 Å². The second kappa shape index (κ2) is 13.2. The number of rotatable bonds is 5. The van der Waals surface area contributed by atoms with Crippen LogP contribution in [0.25, 0.3) is 0 Å². The number of aliphatic imine (C=N–C) groups is 1. The van der Waals surface area contributed by atoms with E-state index in [1.54, 1.807) is 13.8 Å². The average Bonchev–Trinajstić information content (AvgIpc) is 2.20. The number of nitrogens with zero attached hydrogens (tertiary/aromatic N) is 1. The van der Waals surface area contributed by atoms with E-state index in [-0.39, 0.29) is 0 Å². The number of ether oxygens (including phenoxy) is 1. The zero-order valence-electron chi connectivity index (χ0n) is 12.9. The summed E-state index contributed by atoms with van der Waals surface area (Å²) in [5.74, 6) is 0.407. The first-order valence-electron chi connectivity index (χ1n) is 6.37. The lowest BCUT2D eigenvalue weighted by Gasteiger charge is -2.16. The molecule has 0 rings (SSSR count). The van der Waals surface area contributed by atoms with E-state index in [2.05, 4.69) is 11.6 Å². The van der Waals surface area contributed by atoms with Crippen LogP contribution < -0.4 is 0 Å². The van der Waals surface area contributed by atoms with Crippen molar-refractivity contribution >= 4 is 5.71 Å². The highest BCUT2D eigenvalue weighted by atomic mass is 16.5. The van der Waals surface area contributed by atoms with E-state index in [1.807, 2.05) is 41.5 Å². The summed E-state index contributed by atoms with van der Waals surface area (Å²) in [5.41, 5.74) is 0.221. The number of hydrogen-bond donors (Lipinski definition) is 1. The highest BCUT2D eigenvalue weighted by molar-refractivity contribution is 5.79. The monoisotopic (exact) mass is 245 g/mol. The summed E-state index contributed by atoms with van der Waals surface area (Å²) in [7, 11) is 0. The minimum absolute atomic E-state index is 0.407. The van der Waals surface area contributed by atoms with Gasteiger partial charge in [0.25, 0.3) is 0 Å². The standard InChI is InChI=1S/C10H19NO2.2C2H6/c1-8(2)11-9(3)13-7-6-10(4,5)12;2*1-2/h12H,3,6-7H2,1-2,4-5H3;2*1-2H3. The van der Waals surface area contributed by atoms with Crippen LogP contribution >= 0.6 is 0 Å². The smallest absolute Gasteiger partial charge is 0.205 e. The van der Waals surface area contributed by atoms with Crippen molar-refractivity contribution in [2.45, 2.75) is 67.4 Å². The second-order valence-corrected chi connectivity index (χ2v) is 3.86. The molecule has 1 N–H and O–H groups in total. The molecule has 0 aromatic rings. The molecule has 0 amide bonds. The predicted octanol–water partition coefficient (Wildman–Crippen LogP) is 4.17. The van der Waals surface area contributed by atoms with Gasteiger partial charge >= 0.3 is 0 Å². The normalized spacial score (nSPS) is 9.00. The van der Waals surface area contributed by atoms with Crippen LogP contribution in [-0.2, 0) is 4.74 Å². The third-order valence-corrected chi connectivity index (χ3v) is 1.33. The van der Waals surface area contributed by atoms with Crippen LogP contribution in [-0.4, -0.2) is 23.0 Å². The molecule has 0 spiro atoms. The molecule has 3 nitrogen and oxygen atoms in total. The Morgan fingerprint density at radius 3 is 1.88 bits per heavy atom. The Morgan fingerprint density at radius 1 is 1.18 bits per heavy atom. The van der Waals surface area contributed by atoms with Gasteiger partial charge in [-0.2, -0.15) is 0 Å². The lowest BCUT2D eigenvalue weighted by molar-refractivity contribution is 0.0437. The van der Waals surface area contributed by atoms with Gasteiger partial charge in [0.1, 0.15) is 0 Å². The molecule has 0 unspecified atom stereocenters. The Bertz CT molecular complexity index is 199. The molecular formula is C14H31NO2. The molecule has 0 aliphatic carbocycles. The zero-order valence-corrected chi connectivity index (χ0v) is 12.9. The molecule has 0 aliphatic rings. The third kappa shape index (κ3) is 25.4. The van der Waals surface area contributed by atoms with Crippen LogP contribution in [0.5, 0.6) is 0 Å². The van der Waals surface area contributed by atoms with Gasteiger partial charge in [0.2, 0.25) is 5.88 Å². The van der Waals surface area contributed by atoms with E-state index in [0.29, 0.717) is 18.9 Å².